The van der Waals surface area contributed by atoms with Crippen LogP contribution in [0.3, 0.4) is 0 Å². The number of halogens is 3. The van der Waals surface area contributed by atoms with E-state index in [0.717, 1.165) is 5.56 Å². The maximum absolute atomic E-state index is 13.1. The highest BCUT2D eigenvalue weighted by molar-refractivity contribution is 7.87. The van der Waals surface area contributed by atoms with Gasteiger partial charge in [0.25, 0.3) is 0 Å². The Bertz CT molecular complexity index is 871. The minimum atomic E-state index is -5.78. The summed E-state index contributed by atoms with van der Waals surface area (Å²) in [5.74, 6) is -1.43. The van der Waals surface area contributed by atoms with Crippen molar-refractivity contribution >= 4 is 15.9 Å². The smallest absolute Gasteiger partial charge is 0.381 e. The number of alkyl halides is 3. The molecule has 1 saturated carbocycles. The number of hydrogen-bond acceptors (Lipinski definition) is 4. The quantitative estimate of drug-likeness (QED) is 0.576. The zero-order valence-corrected chi connectivity index (χ0v) is 15.3. The fourth-order valence-electron chi connectivity index (χ4n) is 4.24. The van der Waals surface area contributed by atoms with Gasteiger partial charge in [0.2, 0.25) is 0 Å². The molecule has 0 aliphatic heterocycles. The lowest BCUT2D eigenvalue weighted by atomic mass is 9.48. The Morgan fingerprint density at radius 3 is 2.19 bits per heavy atom. The molecule has 4 nitrogen and oxygen atoms in total. The van der Waals surface area contributed by atoms with Crippen LogP contribution in [0.15, 0.2) is 42.2 Å². The first-order valence-electron chi connectivity index (χ1n) is 8.14. The standard InChI is InChI=1S/C18H19F3O4S/c1-16(2)13-9-12(11-7-5-4-6-8-11)17(3,15(16)22)10-14(13)25-26(23,24)18(19,20)21/h4-8,10,12-13H,9H2,1-3H3/t12-,13+,17+/m1/s1. The highest BCUT2D eigenvalue weighted by atomic mass is 32.2. The largest absolute Gasteiger partial charge is 0.534 e. The van der Waals surface area contributed by atoms with Crippen LogP contribution >= 0.6 is 0 Å². The zero-order valence-electron chi connectivity index (χ0n) is 14.5. The lowest BCUT2D eigenvalue weighted by Gasteiger charge is -2.54. The van der Waals surface area contributed by atoms with E-state index in [4.69, 9.17) is 0 Å². The van der Waals surface area contributed by atoms with Crippen molar-refractivity contribution in [3.63, 3.8) is 0 Å². The fraction of sp³-hybridized carbons (Fsp3) is 0.500. The van der Waals surface area contributed by atoms with Crippen molar-refractivity contribution < 1.29 is 30.6 Å². The summed E-state index contributed by atoms with van der Waals surface area (Å²) in [6.45, 7) is 4.87. The van der Waals surface area contributed by atoms with Crippen molar-refractivity contribution in [2.45, 2.75) is 38.6 Å². The SMILES string of the molecule is CC1(C)C(=O)[C@@]2(C)C=C(OS(=O)(=O)C(F)(F)F)[C@@H]1C[C@@H]2c1ccccc1. The van der Waals surface area contributed by atoms with Gasteiger partial charge in [0.15, 0.2) is 0 Å². The van der Waals surface area contributed by atoms with Crippen molar-refractivity contribution in [2.24, 2.45) is 16.7 Å². The molecule has 0 heterocycles. The number of benzene rings is 1. The van der Waals surface area contributed by atoms with E-state index in [0.29, 0.717) is 6.42 Å². The highest BCUT2D eigenvalue weighted by Crippen LogP contribution is 2.61. The minimum absolute atomic E-state index is 0.133. The van der Waals surface area contributed by atoms with Crippen molar-refractivity contribution in [1.82, 2.24) is 0 Å². The Hall–Kier alpha value is -1.83. The monoisotopic (exact) mass is 388 g/mol. The summed E-state index contributed by atoms with van der Waals surface area (Å²) in [5, 5.41) is 0. The lowest BCUT2D eigenvalue weighted by molar-refractivity contribution is -0.145. The number of allylic oxidation sites excluding steroid dienone is 2. The summed E-state index contributed by atoms with van der Waals surface area (Å²) in [5.41, 5.74) is -6.79. The molecule has 0 saturated heterocycles. The first-order valence-corrected chi connectivity index (χ1v) is 9.55. The Morgan fingerprint density at radius 1 is 1.08 bits per heavy atom. The molecule has 142 valence electrons. The zero-order chi connectivity index (χ0) is 19.5. The molecule has 1 aromatic carbocycles. The van der Waals surface area contributed by atoms with E-state index in [9.17, 15) is 26.4 Å². The number of hydrogen-bond donors (Lipinski definition) is 0. The Kier molecular flexibility index (Phi) is 4.07. The van der Waals surface area contributed by atoms with Crippen LogP contribution in [0, 0.1) is 16.7 Å². The van der Waals surface area contributed by atoms with Crippen molar-refractivity contribution in [3.8, 4) is 0 Å². The molecule has 0 N–H and O–H groups in total. The molecule has 0 amide bonds. The van der Waals surface area contributed by atoms with Crippen molar-refractivity contribution in [1.29, 1.82) is 0 Å². The molecule has 0 radical (unpaired) electrons. The average molecular weight is 388 g/mol. The molecule has 3 aliphatic rings. The van der Waals surface area contributed by atoms with Crippen LogP contribution in [0.4, 0.5) is 13.2 Å². The van der Waals surface area contributed by atoms with Crippen LogP contribution in [0.5, 0.6) is 0 Å². The summed E-state index contributed by atoms with van der Waals surface area (Å²) in [7, 11) is -5.78. The molecule has 4 rings (SSSR count). The minimum Gasteiger partial charge on any atom is -0.381 e. The van der Waals surface area contributed by atoms with E-state index in [1.54, 1.807) is 20.8 Å². The third-order valence-corrected chi connectivity index (χ3v) is 6.60. The molecule has 2 bridgehead atoms. The Balaban J connectivity index is 2.09. The lowest BCUT2D eigenvalue weighted by Crippen LogP contribution is -2.55. The van der Waals surface area contributed by atoms with E-state index in [2.05, 4.69) is 4.18 Å². The number of Topliss-reactive ketones (excluding diaryl/α,β-unsaturated/α-hetero) is 1. The van der Waals surface area contributed by atoms with Crippen molar-refractivity contribution in [2.75, 3.05) is 0 Å². The molecule has 0 spiro atoms. The maximum Gasteiger partial charge on any atom is 0.534 e. The van der Waals surface area contributed by atoms with E-state index in [1.165, 1.54) is 6.08 Å². The van der Waals surface area contributed by atoms with Crippen LogP contribution in [-0.2, 0) is 19.1 Å². The summed E-state index contributed by atoms with van der Waals surface area (Å²) >= 11 is 0. The second-order valence-corrected chi connectivity index (χ2v) is 9.15. The Labute approximate surface area is 150 Å². The Morgan fingerprint density at radius 2 is 1.65 bits per heavy atom. The molecule has 3 aliphatic carbocycles. The third-order valence-electron chi connectivity index (χ3n) is 5.62. The maximum atomic E-state index is 13.1. The fourth-order valence-corrected chi connectivity index (χ4v) is 4.76. The normalized spacial score (nSPS) is 30.8. The second-order valence-electron chi connectivity index (χ2n) is 7.61. The van der Waals surface area contributed by atoms with Crippen LogP contribution in [-0.4, -0.2) is 19.7 Å². The van der Waals surface area contributed by atoms with Gasteiger partial charge in [-0.2, -0.15) is 21.6 Å². The molecule has 1 fully saturated rings. The van der Waals surface area contributed by atoms with Crippen LogP contribution in [0.2, 0.25) is 0 Å². The molecule has 1 aromatic rings. The first-order chi connectivity index (χ1) is 11.8. The van der Waals surface area contributed by atoms with Gasteiger partial charge in [-0.3, -0.25) is 4.79 Å². The molecule has 3 atom stereocenters. The molecular weight excluding hydrogens is 369 g/mol. The van der Waals surface area contributed by atoms with Gasteiger partial charge in [-0.25, -0.2) is 0 Å². The van der Waals surface area contributed by atoms with E-state index < -0.39 is 32.4 Å². The van der Waals surface area contributed by atoms with Gasteiger partial charge in [0.1, 0.15) is 11.5 Å². The first kappa shape index (κ1) is 18.9. The predicted octanol–water partition coefficient (Wildman–Crippen LogP) is 4.16. The van der Waals surface area contributed by atoms with Crippen LogP contribution in [0.25, 0.3) is 0 Å². The number of fused-ring (bicyclic) bond motifs is 2. The van der Waals surface area contributed by atoms with Gasteiger partial charge in [-0.1, -0.05) is 44.2 Å². The molecule has 26 heavy (non-hydrogen) atoms. The molecular formula is C18H19F3O4S. The molecule has 8 heteroatoms. The van der Waals surface area contributed by atoms with Gasteiger partial charge in [-0.05, 0) is 25.0 Å². The van der Waals surface area contributed by atoms with Crippen molar-refractivity contribution in [3.05, 3.63) is 47.7 Å². The molecule has 0 unspecified atom stereocenters. The average Bonchev–Trinajstić information content (AvgIpc) is 2.52. The van der Waals surface area contributed by atoms with Crippen LogP contribution < -0.4 is 0 Å². The summed E-state index contributed by atoms with van der Waals surface area (Å²) in [4.78, 5) is 13.1. The van der Waals surface area contributed by atoms with Gasteiger partial charge >= 0.3 is 15.6 Å². The predicted molar refractivity (Wildman–Crippen MR) is 88.3 cm³/mol. The van der Waals surface area contributed by atoms with E-state index in [-0.39, 0.29) is 17.5 Å². The van der Waals surface area contributed by atoms with E-state index in [1.807, 2.05) is 30.3 Å². The number of ketones is 1. The number of rotatable bonds is 3. The van der Waals surface area contributed by atoms with E-state index >= 15 is 0 Å². The number of carbonyl (C=O) groups excluding carboxylic acids is 1. The number of carbonyl (C=O) groups is 1. The molecule has 0 aromatic heterocycles. The summed E-state index contributed by atoms with van der Waals surface area (Å²) in [6.07, 6.45) is 1.61. The summed E-state index contributed by atoms with van der Waals surface area (Å²) in [6, 6.07) is 9.20. The van der Waals surface area contributed by atoms with Gasteiger partial charge < -0.3 is 4.18 Å². The van der Waals surface area contributed by atoms with Gasteiger partial charge in [0, 0.05) is 17.3 Å². The second kappa shape index (κ2) is 5.58. The highest BCUT2D eigenvalue weighted by Gasteiger charge is 2.62. The third kappa shape index (κ3) is 2.66. The van der Waals surface area contributed by atoms with Gasteiger partial charge in [0.05, 0.1) is 5.41 Å². The topological polar surface area (TPSA) is 60.4 Å². The van der Waals surface area contributed by atoms with Crippen LogP contribution in [0.1, 0.15) is 38.7 Å². The summed E-state index contributed by atoms with van der Waals surface area (Å²) < 4.78 is 65.6. The van der Waals surface area contributed by atoms with Gasteiger partial charge in [-0.15, -0.1) is 0 Å².